The fraction of sp³-hybridized carbons (Fsp3) is 0.500. The highest BCUT2D eigenvalue weighted by molar-refractivity contribution is 7.89. The van der Waals surface area contributed by atoms with Crippen LogP contribution in [0.3, 0.4) is 0 Å². The fourth-order valence-electron chi connectivity index (χ4n) is 2.67. The van der Waals surface area contributed by atoms with Crippen molar-refractivity contribution >= 4 is 16.0 Å². The van der Waals surface area contributed by atoms with Crippen molar-refractivity contribution in [1.29, 1.82) is 0 Å². The average molecular weight is 313 g/mol. The molecule has 0 radical (unpaired) electrons. The quantitative estimate of drug-likeness (QED) is 0.769. The Bertz CT molecular complexity index is 641. The smallest absolute Gasteiger partial charge is 0.339 e. The lowest BCUT2D eigenvalue weighted by atomic mass is 10.1. The molecule has 0 aliphatic heterocycles. The molecule has 1 aromatic rings. The average Bonchev–Trinajstić information content (AvgIpc) is 2.82. The highest BCUT2D eigenvalue weighted by atomic mass is 32.2. The van der Waals surface area contributed by atoms with E-state index < -0.39 is 27.3 Å². The zero-order chi connectivity index (χ0) is 15.6. The monoisotopic (exact) mass is 313 g/mol. The Hall–Kier alpha value is -1.60. The molecular weight excluding hydrogens is 294 g/mol. The zero-order valence-corrected chi connectivity index (χ0v) is 12.6. The molecule has 1 aliphatic carbocycles. The molecule has 0 amide bonds. The summed E-state index contributed by atoms with van der Waals surface area (Å²) < 4.78 is 26.9. The van der Waals surface area contributed by atoms with Crippen LogP contribution < -0.4 is 4.72 Å². The molecule has 0 heterocycles. The van der Waals surface area contributed by atoms with Gasteiger partial charge in [0.25, 0.3) is 0 Å². The third-order valence-electron chi connectivity index (χ3n) is 3.87. The van der Waals surface area contributed by atoms with Crippen LogP contribution in [0.4, 0.5) is 0 Å². The number of carboxylic acids is 1. The lowest BCUT2D eigenvalue weighted by molar-refractivity contribution is 0.0693. The maximum atomic E-state index is 12.2. The summed E-state index contributed by atoms with van der Waals surface area (Å²) in [6.07, 6.45) is 3.10. The highest BCUT2D eigenvalue weighted by Gasteiger charge is 2.24. The number of nitrogens with one attached hydrogen (secondary N) is 1. The summed E-state index contributed by atoms with van der Waals surface area (Å²) in [5.41, 5.74) is -0.424. The number of carboxylic acid groups (broad SMARTS) is 1. The van der Waals surface area contributed by atoms with Crippen molar-refractivity contribution in [3.63, 3.8) is 0 Å². The van der Waals surface area contributed by atoms with E-state index >= 15 is 0 Å². The lowest BCUT2D eigenvalue weighted by Crippen LogP contribution is -2.28. The van der Waals surface area contributed by atoms with Crippen molar-refractivity contribution in [3.8, 4) is 5.75 Å². The Kier molecular flexibility index (Phi) is 4.53. The van der Waals surface area contributed by atoms with Gasteiger partial charge < -0.3 is 10.2 Å². The van der Waals surface area contributed by atoms with Gasteiger partial charge in [0.2, 0.25) is 10.0 Å². The molecule has 2 unspecified atom stereocenters. The van der Waals surface area contributed by atoms with Gasteiger partial charge in [-0.3, -0.25) is 0 Å². The van der Waals surface area contributed by atoms with E-state index in [4.69, 9.17) is 5.11 Å². The summed E-state index contributed by atoms with van der Waals surface area (Å²) >= 11 is 0. The molecule has 7 heteroatoms. The maximum Gasteiger partial charge on any atom is 0.339 e. The standard InChI is InChI=1S/C14H19NO5S/c1-9-2-3-10(6-9)8-15-21(19,20)11-4-5-13(16)12(7-11)14(17)18/h4-5,7,9-10,15-16H,2-3,6,8H2,1H3,(H,17,18). The zero-order valence-electron chi connectivity index (χ0n) is 11.7. The molecule has 1 aromatic carbocycles. The van der Waals surface area contributed by atoms with Gasteiger partial charge in [-0.05, 0) is 42.9 Å². The number of carbonyl (C=O) groups is 1. The molecule has 1 aliphatic rings. The molecule has 2 rings (SSSR count). The van der Waals surface area contributed by atoms with Crippen molar-refractivity contribution in [1.82, 2.24) is 4.72 Å². The number of sulfonamides is 1. The van der Waals surface area contributed by atoms with Gasteiger partial charge >= 0.3 is 5.97 Å². The summed E-state index contributed by atoms with van der Waals surface area (Å²) in [5, 5.41) is 18.3. The van der Waals surface area contributed by atoms with E-state index in [1.54, 1.807) is 0 Å². The molecule has 116 valence electrons. The first-order valence-corrected chi connectivity index (χ1v) is 8.34. The van der Waals surface area contributed by atoms with Crippen molar-refractivity contribution in [2.45, 2.75) is 31.1 Å². The van der Waals surface area contributed by atoms with Crippen LogP contribution in [0.5, 0.6) is 5.75 Å². The van der Waals surface area contributed by atoms with Gasteiger partial charge in [-0.15, -0.1) is 0 Å². The third-order valence-corrected chi connectivity index (χ3v) is 5.30. The Balaban J connectivity index is 2.12. The van der Waals surface area contributed by atoms with Gasteiger partial charge in [0.15, 0.2) is 0 Å². The second kappa shape index (κ2) is 6.03. The molecular formula is C14H19NO5S. The lowest BCUT2D eigenvalue weighted by Gasteiger charge is -2.12. The molecule has 0 bridgehead atoms. The predicted molar refractivity (Wildman–Crippen MR) is 76.8 cm³/mol. The van der Waals surface area contributed by atoms with Crippen LogP contribution in [0, 0.1) is 11.8 Å². The molecule has 1 fully saturated rings. The van der Waals surface area contributed by atoms with Gasteiger partial charge in [0.1, 0.15) is 11.3 Å². The van der Waals surface area contributed by atoms with E-state index in [1.165, 1.54) is 6.07 Å². The van der Waals surface area contributed by atoms with E-state index in [9.17, 15) is 18.3 Å². The second-order valence-corrected chi connectivity index (χ2v) is 7.39. The van der Waals surface area contributed by atoms with Crippen LogP contribution in [-0.2, 0) is 10.0 Å². The highest BCUT2D eigenvalue weighted by Crippen LogP contribution is 2.30. The van der Waals surface area contributed by atoms with Crippen molar-refractivity contribution in [2.24, 2.45) is 11.8 Å². The third kappa shape index (κ3) is 3.74. The summed E-state index contributed by atoms with van der Waals surface area (Å²) in [7, 11) is -3.76. The topological polar surface area (TPSA) is 104 Å². The minimum atomic E-state index is -3.76. The largest absolute Gasteiger partial charge is 0.507 e. The summed E-state index contributed by atoms with van der Waals surface area (Å²) in [4.78, 5) is 10.8. The van der Waals surface area contributed by atoms with Gasteiger partial charge in [-0.2, -0.15) is 0 Å². The number of benzene rings is 1. The number of hydrogen-bond acceptors (Lipinski definition) is 4. The SMILES string of the molecule is CC1CCC(CNS(=O)(=O)c2ccc(O)c(C(=O)O)c2)C1. The molecule has 21 heavy (non-hydrogen) atoms. The van der Waals surface area contributed by atoms with Crippen LogP contribution in [0.1, 0.15) is 36.5 Å². The van der Waals surface area contributed by atoms with Crippen molar-refractivity contribution in [2.75, 3.05) is 6.54 Å². The Morgan fingerprint density at radius 2 is 2.10 bits per heavy atom. The van der Waals surface area contributed by atoms with Gasteiger partial charge in [-0.25, -0.2) is 17.9 Å². The van der Waals surface area contributed by atoms with Gasteiger partial charge in [0.05, 0.1) is 4.90 Å². The molecule has 2 atom stereocenters. The molecule has 3 N–H and O–H groups in total. The molecule has 0 saturated heterocycles. The van der Waals surface area contributed by atoms with Gasteiger partial charge in [-0.1, -0.05) is 13.3 Å². The second-order valence-electron chi connectivity index (χ2n) is 5.62. The van der Waals surface area contributed by atoms with E-state index in [-0.39, 0.29) is 4.90 Å². The van der Waals surface area contributed by atoms with E-state index in [2.05, 4.69) is 11.6 Å². The number of rotatable bonds is 5. The summed E-state index contributed by atoms with van der Waals surface area (Å²) in [5.74, 6) is -0.877. The number of hydrogen-bond donors (Lipinski definition) is 3. The summed E-state index contributed by atoms with van der Waals surface area (Å²) in [6, 6.07) is 3.24. The number of aromatic hydroxyl groups is 1. The van der Waals surface area contributed by atoms with Crippen molar-refractivity contribution < 1.29 is 23.4 Å². The van der Waals surface area contributed by atoms with Crippen LogP contribution >= 0.6 is 0 Å². The van der Waals surface area contributed by atoms with E-state index in [0.717, 1.165) is 31.4 Å². The van der Waals surface area contributed by atoms with E-state index in [1.807, 2.05) is 0 Å². The van der Waals surface area contributed by atoms with E-state index in [0.29, 0.717) is 18.4 Å². The Morgan fingerprint density at radius 3 is 2.67 bits per heavy atom. The number of phenols is 1. The Morgan fingerprint density at radius 1 is 1.38 bits per heavy atom. The van der Waals surface area contributed by atoms with Crippen LogP contribution in [0.15, 0.2) is 23.1 Å². The predicted octanol–water partition coefficient (Wildman–Crippen LogP) is 1.80. The maximum absolute atomic E-state index is 12.2. The van der Waals surface area contributed by atoms with Crippen LogP contribution in [-0.4, -0.2) is 31.1 Å². The summed E-state index contributed by atoms with van der Waals surface area (Å²) in [6.45, 7) is 2.50. The Labute approximate surface area is 123 Å². The first-order chi connectivity index (χ1) is 9.79. The molecule has 0 spiro atoms. The van der Waals surface area contributed by atoms with Gasteiger partial charge in [0, 0.05) is 6.54 Å². The van der Waals surface area contributed by atoms with Crippen molar-refractivity contribution in [3.05, 3.63) is 23.8 Å². The fourth-order valence-corrected chi connectivity index (χ4v) is 3.82. The normalized spacial score (nSPS) is 22.3. The molecule has 1 saturated carbocycles. The number of aromatic carboxylic acids is 1. The first kappa shape index (κ1) is 15.8. The first-order valence-electron chi connectivity index (χ1n) is 6.85. The molecule has 6 nitrogen and oxygen atoms in total. The molecule has 0 aromatic heterocycles. The van der Waals surface area contributed by atoms with Crippen LogP contribution in [0.25, 0.3) is 0 Å². The minimum absolute atomic E-state index is 0.149. The minimum Gasteiger partial charge on any atom is -0.507 e. The van der Waals surface area contributed by atoms with Crippen LogP contribution in [0.2, 0.25) is 0 Å².